The van der Waals surface area contributed by atoms with Crippen LogP contribution < -0.4 is 5.32 Å². The molecule has 0 amide bonds. The number of nitrogens with one attached hydrogen (secondary N) is 1. The molecular formula is C14H13ClN2S. The number of benzene rings is 1. The van der Waals surface area contributed by atoms with Gasteiger partial charge in [0.2, 0.25) is 0 Å². The fourth-order valence-electron chi connectivity index (χ4n) is 1.65. The molecule has 1 aromatic heterocycles. The number of nitriles is 1. The quantitative estimate of drug-likeness (QED) is 0.912. The first kappa shape index (κ1) is 13.1. The fourth-order valence-corrected chi connectivity index (χ4v) is 2.54. The van der Waals surface area contributed by atoms with Crippen LogP contribution in [0.4, 0.5) is 0 Å². The zero-order valence-electron chi connectivity index (χ0n) is 9.98. The van der Waals surface area contributed by atoms with Gasteiger partial charge in [0.15, 0.2) is 0 Å². The van der Waals surface area contributed by atoms with E-state index in [2.05, 4.69) is 18.3 Å². The van der Waals surface area contributed by atoms with Gasteiger partial charge in [-0.1, -0.05) is 23.7 Å². The van der Waals surface area contributed by atoms with E-state index in [-0.39, 0.29) is 6.04 Å². The third kappa shape index (κ3) is 3.33. The van der Waals surface area contributed by atoms with Crippen LogP contribution in [0.1, 0.15) is 29.0 Å². The number of hydrogen-bond acceptors (Lipinski definition) is 3. The second kappa shape index (κ2) is 6.01. The number of rotatable bonds is 4. The summed E-state index contributed by atoms with van der Waals surface area (Å²) in [7, 11) is 0. The number of thiophene rings is 1. The molecular weight excluding hydrogens is 264 g/mol. The highest BCUT2D eigenvalue weighted by atomic mass is 35.5. The van der Waals surface area contributed by atoms with Crippen molar-refractivity contribution in [3.8, 4) is 6.07 Å². The first-order chi connectivity index (χ1) is 8.69. The van der Waals surface area contributed by atoms with Crippen molar-refractivity contribution in [2.45, 2.75) is 19.5 Å². The van der Waals surface area contributed by atoms with Crippen molar-refractivity contribution >= 4 is 22.9 Å². The van der Waals surface area contributed by atoms with Crippen molar-refractivity contribution in [1.82, 2.24) is 5.32 Å². The molecule has 0 bridgehead atoms. The lowest BCUT2D eigenvalue weighted by atomic mass is 10.1. The molecule has 1 N–H and O–H groups in total. The molecule has 0 saturated heterocycles. The Balaban J connectivity index is 1.94. The summed E-state index contributed by atoms with van der Waals surface area (Å²) in [6.45, 7) is 2.89. The number of hydrogen-bond donors (Lipinski definition) is 1. The number of nitrogens with zero attached hydrogens (tertiary/aromatic N) is 1. The molecule has 0 spiro atoms. The third-order valence-electron chi connectivity index (χ3n) is 2.74. The predicted molar refractivity (Wildman–Crippen MR) is 75.7 cm³/mol. The van der Waals surface area contributed by atoms with Crippen LogP contribution in [0.3, 0.4) is 0 Å². The highest BCUT2D eigenvalue weighted by Gasteiger charge is 2.05. The average molecular weight is 277 g/mol. The molecule has 92 valence electrons. The lowest BCUT2D eigenvalue weighted by molar-refractivity contribution is 0.579. The van der Waals surface area contributed by atoms with Gasteiger partial charge in [0, 0.05) is 27.9 Å². The molecule has 0 fully saturated rings. The van der Waals surface area contributed by atoms with Crippen LogP contribution in [0.2, 0.25) is 5.02 Å². The summed E-state index contributed by atoms with van der Waals surface area (Å²) < 4.78 is 0. The van der Waals surface area contributed by atoms with Crippen LogP contribution >= 0.6 is 22.9 Å². The maximum absolute atomic E-state index is 8.76. The minimum Gasteiger partial charge on any atom is -0.305 e. The van der Waals surface area contributed by atoms with E-state index in [1.807, 2.05) is 35.7 Å². The van der Waals surface area contributed by atoms with E-state index < -0.39 is 0 Å². The Kier molecular flexibility index (Phi) is 4.38. The molecule has 0 saturated carbocycles. The standard InChI is InChI=1S/C14H13ClN2S/c1-10(12-2-4-13(15)5-3-12)17-8-14-6-11(7-16)9-18-14/h2-6,9-10,17H,8H2,1H3. The van der Waals surface area contributed by atoms with Crippen molar-refractivity contribution < 1.29 is 0 Å². The molecule has 18 heavy (non-hydrogen) atoms. The van der Waals surface area contributed by atoms with Crippen molar-refractivity contribution in [3.05, 3.63) is 56.7 Å². The molecule has 1 heterocycles. The van der Waals surface area contributed by atoms with Gasteiger partial charge in [-0.25, -0.2) is 0 Å². The van der Waals surface area contributed by atoms with Crippen LogP contribution in [-0.2, 0) is 6.54 Å². The molecule has 1 atom stereocenters. The summed E-state index contributed by atoms with van der Waals surface area (Å²) in [5.74, 6) is 0. The first-order valence-electron chi connectivity index (χ1n) is 5.65. The Hall–Kier alpha value is -1.34. The summed E-state index contributed by atoms with van der Waals surface area (Å²) in [4.78, 5) is 1.17. The normalized spacial score (nSPS) is 12.1. The molecule has 4 heteroatoms. The number of halogens is 1. The van der Waals surface area contributed by atoms with Gasteiger partial charge >= 0.3 is 0 Å². The topological polar surface area (TPSA) is 35.8 Å². The zero-order valence-corrected chi connectivity index (χ0v) is 11.6. The van der Waals surface area contributed by atoms with E-state index >= 15 is 0 Å². The minimum absolute atomic E-state index is 0.259. The van der Waals surface area contributed by atoms with Gasteiger partial charge in [-0.05, 0) is 30.7 Å². The SMILES string of the molecule is CC(NCc1cc(C#N)cs1)c1ccc(Cl)cc1. The monoisotopic (exact) mass is 276 g/mol. The highest BCUT2D eigenvalue weighted by Crippen LogP contribution is 2.18. The van der Waals surface area contributed by atoms with Gasteiger partial charge in [-0.15, -0.1) is 11.3 Å². The fraction of sp³-hybridized carbons (Fsp3) is 0.214. The van der Waals surface area contributed by atoms with E-state index in [1.54, 1.807) is 11.3 Å². The minimum atomic E-state index is 0.259. The van der Waals surface area contributed by atoms with E-state index in [4.69, 9.17) is 16.9 Å². The van der Waals surface area contributed by atoms with Crippen molar-refractivity contribution in [1.29, 1.82) is 5.26 Å². The van der Waals surface area contributed by atoms with Crippen LogP contribution in [0.5, 0.6) is 0 Å². The van der Waals surface area contributed by atoms with Crippen LogP contribution in [0, 0.1) is 11.3 Å². The Morgan fingerprint density at radius 3 is 2.72 bits per heavy atom. The summed E-state index contributed by atoms with van der Waals surface area (Å²) >= 11 is 7.47. The van der Waals surface area contributed by atoms with Crippen molar-refractivity contribution in [2.75, 3.05) is 0 Å². The summed E-state index contributed by atoms with van der Waals surface area (Å²) in [6, 6.07) is 12.2. The summed E-state index contributed by atoms with van der Waals surface area (Å²) in [6.07, 6.45) is 0. The molecule has 1 unspecified atom stereocenters. The van der Waals surface area contributed by atoms with E-state index in [0.717, 1.165) is 17.1 Å². The molecule has 0 aliphatic heterocycles. The second-order valence-electron chi connectivity index (χ2n) is 4.07. The van der Waals surface area contributed by atoms with E-state index in [1.165, 1.54) is 10.4 Å². The zero-order chi connectivity index (χ0) is 13.0. The Morgan fingerprint density at radius 1 is 1.39 bits per heavy atom. The molecule has 0 aliphatic carbocycles. The van der Waals surface area contributed by atoms with Gasteiger partial charge in [0.1, 0.15) is 6.07 Å². The molecule has 0 aliphatic rings. The van der Waals surface area contributed by atoms with Gasteiger partial charge in [-0.2, -0.15) is 5.26 Å². The molecule has 1 aromatic carbocycles. The van der Waals surface area contributed by atoms with Gasteiger partial charge in [0.05, 0.1) is 5.56 Å². The summed E-state index contributed by atoms with van der Waals surface area (Å²) in [5, 5.41) is 14.8. The predicted octanol–water partition coefficient (Wildman–Crippen LogP) is 4.12. The molecule has 2 nitrogen and oxygen atoms in total. The maximum Gasteiger partial charge on any atom is 0.100 e. The van der Waals surface area contributed by atoms with E-state index in [0.29, 0.717) is 0 Å². The third-order valence-corrected chi connectivity index (χ3v) is 3.92. The second-order valence-corrected chi connectivity index (χ2v) is 5.50. The molecule has 2 aromatic rings. The van der Waals surface area contributed by atoms with Gasteiger partial charge in [0.25, 0.3) is 0 Å². The van der Waals surface area contributed by atoms with Gasteiger partial charge < -0.3 is 5.32 Å². The maximum atomic E-state index is 8.76. The Labute approximate surface area is 116 Å². The van der Waals surface area contributed by atoms with Crippen molar-refractivity contribution in [3.63, 3.8) is 0 Å². The largest absolute Gasteiger partial charge is 0.305 e. The van der Waals surface area contributed by atoms with Gasteiger partial charge in [-0.3, -0.25) is 0 Å². The molecule has 2 rings (SSSR count). The lowest BCUT2D eigenvalue weighted by Gasteiger charge is -2.13. The first-order valence-corrected chi connectivity index (χ1v) is 6.91. The Morgan fingerprint density at radius 2 is 2.11 bits per heavy atom. The lowest BCUT2D eigenvalue weighted by Crippen LogP contribution is -2.17. The van der Waals surface area contributed by atoms with Crippen molar-refractivity contribution in [2.24, 2.45) is 0 Å². The van der Waals surface area contributed by atoms with E-state index in [9.17, 15) is 0 Å². The highest BCUT2D eigenvalue weighted by molar-refractivity contribution is 7.10. The summed E-state index contributed by atoms with van der Waals surface area (Å²) in [5.41, 5.74) is 1.94. The van der Waals surface area contributed by atoms with Crippen LogP contribution in [0.15, 0.2) is 35.7 Å². The van der Waals surface area contributed by atoms with Crippen LogP contribution in [-0.4, -0.2) is 0 Å². The smallest absolute Gasteiger partial charge is 0.100 e. The average Bonchev–Trinajstić information content (AvgIpc) is 2.85. The Bertz CT molecular complexity index is 554. The molecule has 0 radical (unpaired) electrons. The van der Waals surface area contributed by atoms with Crippen LogP contribution in [0.25, 0.3) is 0 Å².